The fraction of sp³-hybridized carbons (Fsp3) is 0.0303. The lowest BCUT2D eigenvalue weighted by Crippen LogP contribution is -2.14. The fourth-order valence-corrected chi connectivity index (χ4v) is 5.05. The van der Waals surface area contributed by atoms with Crippen LogP contribution >= 0.6 is 0 Å². The van der Waals surface area contributed by atoms with E-state index in [0.29, 0.717) is 22.6 Å². The van der Waals surface area contributed by atoms with Crippen molar-refractivity contribution in [2.45, 2.75) is 6.42 Å². The molecule has 198 valence electrons. The molecule has 0 saturated carbocycles. The van der Waals surface area contributed by atoms with Gasteiger partial charge in [-0.1, -0.05) is 54.6 Å². The molecule has 4 heterocycles. The quantitative estimate of drug-likeness (QED) is 0.209. The van der Waals surface area contributed by atoms with Crippen molar-refractivity contribution in [3.8, 4) is 33.8 Å². The predicted octanol–water partition coefficient (Wildman–Crippen LogP) is 7.16. The minimum Gasteiger partial charge on any atom is -0.353 e. The molecular formula is C33H23FN6O. The standard InChI is InChI=1S/C33H23FN6O/c34-23-11-9-21(10-12-23)25-7-4-8-28-26(25)17-30(37-28)33-32-29(39-40-33)14-13-27(38-32)22-16-24(19-35-18-22)36-31(41)15-20-5-2-1-3-6-20/h1-14,16-19,37H,15H2,(H,36,41)(H,39,40). The Hall–Kier alpha value is -5.63. The van der Waals surface area contributed by atoms with Gasteiger partial charge < -0.3 is 10.3 Å². The maximum Gasteiger partial charge on any atom is 0.228 e. The Morgan fingerprint density at radius 3 is 2.54 bits per heavy atom. The molecule has 7 aromatic rings. The molecular weight excluding hydrogens is 515 g/mol. The SMILES string of the molecule is O=C(Cc1ccccc1)Nc1cncc(-c2ccc3[nH]nc(-c4cc5c(-c6ccc(F)cc6)cccc5[nH]4)c3n2)c1. The third kappa shape index (κ3) is 4.83. The highest BCUT2D eigenvalue weighted by Crippen LogP contribution is 2.34. The van der Waals surface area contributed by atoms with Gasteiger partial charge >= 0.3 is 0 Å². The number of anilines is 1. The van der Waals surface area contributed by atoms with Crippen LogP contribution in [0.1, 0.15) is 5.56 Å². The van der Waals surface area contributed by atoms with Crippen molar-refractivity contribution in [1.82, 2.24) is 25.1 Å². The highest BCUT2D eigenvalue weighted by molar-refractivity contribution is 6.00. The van der Waals surface area contributed by atoms with Crippen LogP contribution in [-0.4, -0.2) is 31.1 Å². The average Bonchev–Trinajstić information content (AvgIpc) is 3.62. The van der Waals surface area contributed by atoms with E-state index in [1.807, 2.05) is 72.8 Å². The van der Waals surface area contributed by atoms with E-state index in [-0.39, 0.29) is 18.1 Å². The summed E-state index contributed by atoms with van der Waals surface area (Å²) in [6.07, 6.45) is 3.62. The molecule has 7 rings (SSSR count). The summed E-state index contributed by atoms with van der Waals surface area (Å²) in [6, 6.07) is 29.8. The molecule has 4 aromatic heterocycles. The first-order valence-electron chi connectivity index (χ1n) is 13.1. The minimum absolute atomic E-state index is 0.116. The largest absolute Gasteiger partial charge is 0.353 e. The maximum atomic E-state index is 13.5. The molecule has 0 aliphatic carbocycles. The zero-order valence-corrected chi connectivity index (χ0v) is 21.7. The van der Waals surface area contributed by atoms with Crippen LogP contribution in [0.3, 0.4) is 0 Å². The zero-order valence-electron chi connectivity index (χ0n) is 21.7. The number of aromatic nitrogens is 5. The van der Waals surface area contributed by atoms with E-state index in [1.165, 1.54) is 12.1 Å². The van der Waals surface area contributed by atoms with Gasteiger partial charge in [-0.2, -0.15) is 5.10 Å². The number of pyridine rings is 2. The second-order valence-corrected chi connectivity index (χ2v) is 9.79. The first-order chi connectivity index (χ1) is 20.1. The Balaban J connectivity index is 1.21. The van der Waals surface area contributed by atoms with Crippen molar-refractivity contribution in [2.75, 3.05) is 5.32 Å². The fourth-order valence-electron chi connectivity index (χ4n) is 5.05. The molecule has 41 heavy (non-hydrogen) atoms. The van der Waals surface area contributed by atoms with Gasteiger partial charge in [-0.15, -0.1) is 0 Å². The number of hydrogen-bond donors (Lipinski definition) is 3. The molecule has 8 heteroatoms. The van der Waals surface area contributed by atoms with Crippen molar-refractivity contribution in [3.05, 3.63) is 121 Å². The number of halogens is 1. The Kier molecular flexibility index (Phi) is 6.05. The number of fused-ring (bicyclic) bond motifs is 2. The number of H-pyrrole nitrogens is 2. The van der Waals surface area contributed by atoms with Crippen molar-refractivity contribution in [3.63, 3.8) is 0 Å². The number of nitrogens with zero attached hydrogens (tertiary/aromatic N) is 3. The molecule has 0 aliphatic heterocycles. The molecule has 3 N–H and O–H groups in total. The average molecular weight is 539 g/mol. The number of carbonyl (C=O) groups excluding carboxylic acids is 1. The molecule has 0 saturated heterocycles. The molecule has 3 aromatic carbocycles. The normalized spacial score (nSPS) is 11.2. The number of aromatic amines is 2. The summed E-state index contributed by atoms with van der Waals surface area (Å²) in [7, 11) is 0. The molecule has 1 amide bonds. The van der Waals surface area contributed by atoms with Gasteiger partial charge in [-0.05, 0) is 59.2 Å². The molecule has 0 atom stereocenters. The summed E-state index contributed by atoms with van der Waals surface area (Å²) in [5, 5.41) is 11.6. The van der Waals surface area contributed by atoms with E-state index in [2.05, 4.69) is 25.5 Å². The van der Waals surface area contributed by atoms with Crippen LogP contribution in [0.5, 0.6) is 0 Å². The molecule has 0 spiro atoms. The van der Waals surface area contributed by atoms with E-state index in [0.717, 1.165) is 44.4 Å². The Bertz CT molecular complexity index is 2030. The lowest BCUT2D eigenvalue weighted by Gasteiger charge is -2.07. The van der Waals surface area contributed by atoms with Crippen LogP contribution < -0.4 is 5.32 Å². The van der Waals surface area contributed by atoms with Crippen molar-refractivity contribution in [1.29, 1.82) is 0 Å². The van der Waals surface area contributed by atoms with Crippen LogP contribution in [0.4, 0.5) is 10.1 Å². The van der Waals surface area contributed by atoms with Crippen LogP contribution in [-0.2, 0) is 11.2 Å². The van der Waals surface area contributed by atoms with Crippen molar-refractivity contribution in [2.24, 2.45) is 0 Å². The number of nitrogens with one attached hydrogen (secondary N) is 3. The van der Waals surface area contributed by atoms with Gasteiger partial charge in [0.05, 0.1) is 35.2 Å². The van der Waals surface area contributed by atoms with Crippen molar-refractivity contribution < 1.29 is 9.18 Å². The number of carbonyl (C=O) groups is 1. The third-order valence-electron chi connectivity index (χ3n) is 7.01. The topological polar surface area (TPSA) is 99.4 Å². The Morgan fingerprint density at radius 2 is 1.68 bits per heavy atom. The summed E-state index contributed by atoms with van der Waals surface area (Å²) >= 11 is 0. The van der Waals surface area contributed by atoms with Gasteiger partial charge in [-0.25, -0.2) is 9.37 Å². The minimum atomic E-state index is -0.268. The lowest BCUT2D eigenvalue weighted by atomic mass is 10.0. The predicted molar refractivity (Wildman–Crippen MR) is 159 cm³/mol. The molecule has 0 fully saturated rings. The first kappa shape index (κ1) is 24.4. The lowest BCUT2D eigenvalue weighted by molar-refractivity contribution is -0.115. The van der Waals surface area contributed by atoms with Gasteiger partial charge in [0, 0.05) is 22.7 Å². The number of benzene rings is 3. The van der Waals surface area contributed by atoms with Crippen LogP contribution in [0.25, 0.3) is 55.7 Å². The van der Waals surface area contributed by atoms with Crippen LogP contribution in [0.15, 0.2) is 109 Å². The summed E-state index contributed by atoms with van der Waals surface area (Å²) in [5.74, 6) is -0.384. The zero-order chi connectivity index (χ0) is 27.8. The summed E-state index contributed by atoms with van der Waals surface area (Å²) in [6.45, 7) is 0. The third-order valence-corrected chi connectivity index (χ3v) is 7.01. The monoisotopic (exact) mass is 538 g/mol. The number of hydrogen-bond acceptors (Lipinski definition) is 4. The highest BCUT2D eigenvalue weighted by atomic mass is 19.1. The van der Waals surface area contributed by atoms with E-state index in [9.17, 15) is 9.18 Å². The van der Waals surface area contributed by atoms with Crippen LogP contribution in [0.2, 0.25) is 0 Å². The van der Waals surface area contributed by atoms with E-state index >= 15 is 0 Å². The van der Waals surface area contributed by atoms with Gasteiger partial charge in [-0.3, -0.25) is 14.9 Å². The molecule has 0 aliphatic rings. The summed E-state index contributed by atoms with van der Waals surface area (Å²) in [5.41, 5.74) is 8.87. The van der Waals surface area contributed by atoms with Gasteiger partial charge in [0.2, 0.25) is 5.91 Å². The molecule has 0 unspecified atom stereocenters. The van der Waals surface area contributed by atoms with Gasteiger partial charge in [0.15, 0.2) is 0 Å². The number of amides is 1. The van der Waals surface area contributed by atoms with E-state index in [4.69, 9.17) is 4.98 Å². The first-order valence-corrected chi connectivity index (χ1v) is 13.1. The molecule has 0 radical (unpaired) electrons. The maximum absolute atomic E-state index is 13.5. The second kappa shape index (κ2) is 10.2. The van der Waals surface area contributed by atoms with Gasteiger partial charge in [0.25, 0.3) is 0 Å². The Labute approximate surface area is 234 Å². The smallest absolute Gasteiger partial charge is 0.228 e. The summed E-state index contributed by atoms with van der Waals surface area (Å²) < 4.78 is 13.5. The number of rotatable bonds is 6. The van der Waals surface area contributed by atoms with Crippen LogP contribution in [0, 0.1) is 5.82 Å². The van der Waals surface area contributed by atoms with E-state index in [1.54, 1.807) is 24.5 Å². The molecule has 0 bridgehead atoms. The molecule has 7 nitrogen and oxygen atoms in total. The second-order valence-electron chi connectivity index (χ2n) is 9.79. The van der Waals surface area contributed by atoms with E-state index < -0.39 is 0 Å². The Morgan fingerprint density at radius 1 is 0.829 bits per heavy atom. The van der Waals surface area contributed by atoms with Crippen molar-refractivity contribution >= 4 is 33.5 Å². The highest BCUT2D eigenvalue weighted by Gasteiger charge is 2.16. The van der Waals surface area contributed by atoms with Gasteiger partial charge in [0.1, 0.15) is 17.0 Å². The summed E-state index contributed by atoms with van der Waals surface area (Å²) in [4.78, 5) is 25.3.